The summed E-state index contributed by atoms with van der Waals surface area (Å²) in [5.74, 6) is -0.933. The topological polar surface area (TPSA) is 52.9 Å². The molecule has 0 unspecified atom stereocenters. The second-order valence-corrected chi connectivity index (χ2v) is 5.28. The van der Waals surface area contributed by atoms with Crippen LogP contribution in [0.3, 0.4) is 0 Å². The fourth-order valence-corrected chi connectivity index (χ4v) is 2.28. The van der Waals surface area contributed by atoms with E-state index in [9.17, 15) is 18.7 Å². The van der Waals surface area contributed by atoms with Gasteiger partial charge in [0.2, 0.25) is 5.72 Å². The Bertz CT molecular complexity index is 595. The van der Waals surface area contributed by atoms with Gasteiger partial charge in [0.05, 0.1) is 10.6 Å². The highest BCUT2D eigenvalue weighted by molar-refractivity contribution is 6.35. The number of hydrazone groups is 1. The predicted octanol–water partition coefficient (Wildman–Crippen LogP) is 3.17. The van der Waals surface area contributed by atoms with Crippen LogP contribution in [0.25, 0.3) is 0 Å². The molecule has 0 spiro atoms. The first-order valence-electron chi connectivity index (χ1n) is 5.60. The summed E-state index contributed by atoms with van der Waals surface area (Å²) in [5.41, 5.74) is -2.54. The van der Waals surface area contributed by atoms with E-state index in [-0.39, 0.29) is 21.3 Å². The van der Waals surface area contributed by atoms with Crippen molar-refractivity contribution in [3.05, 3.63) is 33.8 Å². The molecule has 1 aliphatic rings. The third kappa shape index (κ3) is 2.51. The van der Waals surface area contributed by atoms with Crippen molar-refractivity contribution in [2.45, 2.75) is 25.5 Å². The van der Waals surface area contributed by atoms with Crippen molar-refractivity contribution in [1.29, 1.82) is 0 Å². The molecule has 0 aromatic heterocycles. The molecule has 1 aromatic carbocycles. The highest BCUT2D eigenvalue weighted by atomic mass is 35.5. The standard InChI is InChI=1S/C12H10Cl2F2N2O2/c1-6-5-12(20,11(15)16)18(17-6)10(19)8-4-7(13)2-3-9(8)14/h2-4,11,20H,5H2,1H3/t12-/m0/s1. The SMILES string of the molecule is CC1=NN(C(=O)c2cc(Cl)ccc2Cl)[C@@](O)(C(F)F)C1. The van der Waals surface area contributed by atoms with Gasteiger partial charge in [0.15, 0.2) is 0 Å². The van der Waals surface area contributed by atoms with E-state index in [2.05, 4.69) is 5.10 Å². The summed E-state index contributed by atoms with van der Waals surface area (Å²) in [7, 11) is 0. The molecule has 8 heteroatoms. The van der Waals surface area contributed by atoms with Gasteiger partial charge < -0.3 is 5.11 Å². The van der Waals surface area contributed by atoms with Crippen LogP contribution in [0, 0.1) is 0 Å². The van der Waals surface area contributed by atoms with Crippen molar-refractivity contribution >= 4 is 34.8 Å². The minimum atomic E-state index is -3.16. The second-order valence-electron chi connectivity index (χ2n) is 4.43. The predicted molar refractivity (Wildman–Crippen MR) is 71.3 cm³/mol. The molecule has 0 radical (unpaired) electrons. The number of benzene rings is 1. The van der Waals surface area contributed by atoms with E-state index in [1.54, 1.807) is 0 Å². The van der Waals surface area contributed by atoms with E-state index in [4.69, 9.17) is 23.2 Å². The van der Waals surface area contributed by atoms with Crippen molar-refractivity contribution in [3.8, 4) is 0 Å². The normalized spacial score (nSPS) is 22.4. The number of halogens is 4. The van der Waals surface area contributed by atoms with Gasteiger partial charge in [0, 0.05) is 17.2 Å². The van der Waals surface area contributed by atoms with Crippen LogP contribution in [0.2, 0.25) is 10.0 Å². The lowest BCUT2D eigenvalue weighted by molar-refractivity contribution is -0.164. The summed E-state index contributed by atoms with van der Waals surface area (Å²) >= 11 is 11.6. The average molecular weight is 323 g/mol. The lowest BCUT2D eigenvalue weighted by Crippen LogP contribution is -2.51. The zero-order valence-electron chi connectivity index (χ0n) is 10.3. The lowest BCUT2D eigenvalue weighted by Gasteiger charge is -2.30. The fourth-order valence-electron chi connectivity index (χ4n) is 1.91. The van der Waals surface area contributed by atoms with Crippen LogP contribution in [0.1, 0.15) is 23.7 Å². The Kier molecular flexibility index (Phi) is 4.00. The van der Waals surface area contributed by atoms with Crippen molar-refractivity contribution in [2.75, 3.05) is 0 Å². The number of alkyl halides is 2. The molecule has 2 rings (SSSR count). The van der Waals surface area contributed by atoms with Crippen molar-refractivity contribution < 1.29 is 18.7 Å². The molecule has 4 nitrogen and oxygen atoms in total. The van der Waals surface area contributed by atoms with E-state index in [0.717, 1.165) is 0 Å². The number of carbonyl (C=O) groups excluding carboxylic acids is 1. The maximum absolute atomic E-state index is 13.0. The highest BCUT2D eigenvalue weighted by Gasteiger charge is 2.51. The van der Waals surface area contributed by atoms with Gasteiger partial charge in [-0.1, -0.05) is 23.2 Å². The summed E-state index contributed by atoms with van der Waals surface area (Å²) in [6.45, 7) is 1.44. The van der Waals surface area contributed by atoms with Gasteiger partial charge in [-0.2, -0.15) is 10.1 Å². The lowest BCUT2D eigenvalue weighted by atomic mass is 10.1. The van der Waals surface area contributed by atoms with Gasteiger partial charge >= 0.3 is 0 Å². The minimum Gasteiger partial charge on any atom is -0.364 e. The number of amides is 1. The Morgan fingerprint density at radius 2 is 2.15 bits per heavy atom. The summed E-state index contributed by atoms with van der Waals surface area (Å²) in [4.78, 5) is 12.3. The number of rotatable bonds is 2. The smallest absolute Gasteiger partial charge is 0.287 e. The minimum absolute atomic E-state index is 0.0377. The van der Waals surface area contributed by atoms with Crippen molar-refractivity contribution in [2.24, 2.45) is 5.10 Å². The van der Waals surface area contributed by atoms with Gasteiger partial charge in [0.25, 0.3) is 12.3 Å². The van der Waals surface area contributed by atoms with E-state index in [0.29, 0.717) is 5.01 Å². The van der Waals surface area contributed by atoms with Crippen LogP contribution in [-0.4, -0.2) is 33.9 Å². The monoisotopic (exact) mass is 322 g/mol. The summed E-state index contributed by atoms with van der Waals surface area (Å²) in [6.07, 6.45) is -3.58. The molecule has 0 bridgehead atoms. The van der Waals surface area contributed by atoms with Gasteiger partial charge in [-0.15, -0.1) is 0 Å². The molecule has 1 aliphatic heterocycles. The molecule has 0 saturated heterocycles. The van der Waals surface area contributed by atoms with Crippen LogP contribution < -0.4 is 0 Å². The molecule has 0 aliphatic carbocycles. The van der Waals surface area contributed by atoms with E-state index in [1.165, 1.54) is 25.1 Å². The van der Waals surface area contributed by atoms with Crippen LogP contribution in [-0.2, 0) is 0 Å². The molecule has 1 heterocycles. The van der Waals surface area contributed by atoms with Gasteiger partial charge in [-0.05, 0) is 25.1 Å². The first kappa shape index (κ1) is 15.2. The van der Waals surface area contributed by atoms with Gasteiger partial charge in [-0.25, -0.2) is 8.78 Å². The molecule has 1 N–H and O–H groups in total. The molecule has 1 amide bonds. The number of aliphatic hydroxyl groups is 1. The number of hydrogen-bond acceptors (Lipinski definition) is 3. The summed E-state index contributed by atoms with van der Waals surface area (Å²) in [6, 6.07) is 4.06. The third-order valence-corrected chi connectivity index (χ3v) is 3.42. The Morgan fingerprint density at radius 3 is 2.75 bits per heavy atom. The zero-order valence-corrected chi connectivity index (χ0v) is 11.8. The maximum atomic E-state index is 13.0. The summed E-state index contributed by atoms with van der Waals surface area (Å²) < 4.78 is 26.1. The Balaban J connectivity index is 2.44. The molecular weight excluding hydrogens is 313 g/mol. The third-order valence-electron chi connectivity index (χ3n) is 2.85. The van der Waals surface area contributed by atoms with Crippen LogP contribution in [0.5, 0.6) is 0 Å². The zero-order chi connectivity index (χ0) is 15.1. The van der Waals surface area contributed by atoms with Crippen LogP contribution in [0.15, 0.2) is 23.3 Å². The molecule has 1 atom stereocenters. The number of carbonyl (C=O) groups is 1. The average Bonchev–Trinajstić information content (AvgIpc) is 2.68. The largest absolute Gasteiger partial charge is 0.364 e. The van der Waals surface area contributed by atoms with Crippen molar-refractivity contribution in [3.63, 3.8) is 0 Å². The van der Waals surface area contributed by atoms with Gasteiger partial charge in [0.1, 0.15) is 0 Å². The van der Waals surface area contributed by atoms with E-state index >= 15 is 0 Å². The molecule has 1 aromatic rings. The maximum Gasteiger partial charge on any atom is 0.287 e. The van der Waals surface area contributed by atoms with Crippen molar-refractivity contribution in [1.82, 2.24) is 5.01 Å². The Morgan fingerprint density at radius 1 is 1.50 bits per heavy atom. The second kappa shape index (κ2) is 5.27. The first-order valence-corrected chi connectivity index (χ1v) is 6.35. The van der Waals surface area contributed by atoms with Gasteiger partial charge in [-0.3, -0.25) is 4.79 Å². The molecule has 0 saturated carbocycles. The molecule has 20 heavy (non-hydrogen) atoms. The summed E-state index contributed by atoms with van der Waals surface area (Å²) in [5, 5.41) is 14.3. The quantitative estimate of drug-likeness (QED) is 0.909. The fraction of sp³-hybridized carbons (Fsp3) is 0.333. The Hall–Kier alpha value is -1.24. The Labute approximate surface area is 123 Å². The van der Waals surface area contributed by atoms with Crippen LogP contribution in [0.4, 0.5) is 8.78 Å². The molecular formula is C12H10Cl2F2N2O2. The van der Waals surface area contributed by atoms with E-state index in [1.807, 2.05) is 0 Å². The number of hydrogen-bond donors (Lipinski definition) is 1. The van der Waals surface area contributed by atoms with Crippen LogP contribution >= 0.6 is 23.2 Å². The van der Waals surface area contributed by atoms with E-state index < -0.39 is 24.5 Å². The highest BCUT2D eigenvalue weighted by Crippen LogP contribution is 2.34. The molecule has 108 valence electrons. The first-order chi connectivity index (χ1) is 9.25. The number of nitrogens with zero attached hydrogens (tertiary/aromatic N) is 2. The molecule has 0 fully saturated rings.